The molecule has 0 aromatic carbocycles. The van der Waals surface area contributed by atoms with Crippen molar-refractivity contribution in [3.63, 3.8) is 0 Å². The zero-order chi connectivity index (χ0) is 14.1. The zero-order valence-corrected chi connectivity index (χ0v) is 11.8. The lowest BCUT2D eigenvalue weighted by Crippen LogP contribution is -2.72. The fourth-order valence-electron chi connectivity index (χ4n) is 4.61. The van der Waals surface area contributed by atoms with Gasteiger partial charge in [-0.15, -0.1) is 0 Å². The summed E-state index contributed by atoms with van der Waals surface area (Å²) in [5, 5.41) is 20.3. The van der Waals surface area contributed by atoms with Crippen molar-refractivity contribution in [2.45, 2.75) is 69.6 Å². The molecule has 8 atom stereocenters. The van der Waals surface area contributed by atoms with Crippen LogP contribution in [0.25, 0.3) is 0 Å². The average molecular weight is 286 g/mol. The van der Waals surface area contributed by atoms with Crippen LogP contribution in [-0.2, 0) is 19.2 Å². The van der Waals surface area contributed by atoms with E-state index in [0.29, 0.717) is 5.92 Å². The number of rotatable bonds is 0. The molecule has 2 bridgehead atoms. The number of aliphatic hydroxyl groups excluding tert-OH is 2. The van der Waals surface area contributed by atoms with Crippen LogP contribution in [0.3, 0.4) is 0 Å². The molecular formula is C14H22O6. The van der Waals surface area contributed by atoms with E-state index in [4.69, 9.17) is 19.2 Å². The minimum absolute atomic E-state index is 0.206. The van der Waals surface area contributed by atoms with Crippen molar-refractivity contribution in [2.24, 2.45) is 17.8 Å². The molecule has 1 spiro atoms. The summed E-state index contributed by atoms with van der Waals surface area (Å²) in [6.07, 6.45) is 0.554. The number of hydrogen-bond acceptors (Lipinski definition) is 6. The van der Waals surface area contributed by atoms with Crippen LogP contribution in [0.1, 0.15) is 39.5 Å². The maximum Gasteiger partial charge on any atom is 0.201 e. The van der Waals surface area contributed by atoms with E-state index in [1.54, 1.807) is 0 Å². The summed E-state index contributed by atoms with van der Waals surface area (Å²) < 4.78 is 11.5. The lowest BCUT2D eigenvalue weighted by atomic mass is 9.60. The highest BCUT2D eigenvalue weighted by Gasteiger charge is 2.69. The van der Waals surface area contributed by atoms with Crippen molar-refractivity contribution in [3.05, 3.63) is 0 Å². The van der Waals surface area contributed by atoms with Gasteiger partial charge in [-0.05, 0) is 38.0 Å². The van der Waals surface area contributed by atoms with E-state index in [9.17, 15) is 10.2 Å². The lowest BCUT2D eigenvalue weighted by Gasteiger charge is -2.59. The molecule has 5 rings (SSSR count). The van der Waals surface area contributed by atoms with Crippen LogP contribution in [0.5, 0.6) is 0 Å². The van der Waals surface area contributed by atoms with Gasteiger partial charge in [0.15, 0.2) is 18.2 Å². The summed E-state index contributed by atoms with van der Waals surface area (Å²) >= 11 is 0. The molecule has 6 heteroatoms. The second-order valence-electron chi connectivity index (χ2n) is 6.93. The quantitative estimate of drug-likeness (QED) is 0.645. The summed E-state index contributed by atoms with van der Waals surface area (Å²) in [5.41, 5.74) is -0.799. The molecule has 0 radical (unpaired) electrons. The summed E-state index contributed by atoms with van der Waals surface area (Å²) in [6, 6.07) is 0. The second kappa shape index (κ2) is 4.15. The number of aliphatic hydroxyl groups is 2. The van der Waals surface area contributed by atoms with Crippen molar-refractivity contribution < 1.29 is 29.5 Å². The second-order valence-corrected chi connectivity index (χ2v) is 6.93. The van der Waals surface area contributed by atoms with Crippen LogP contribution < -0.4 is 0 Å². The van der Waals surface area contributed by atoms with Gasteiger partial charge in [0.1, 0.15) is 6.10 Å². The molecule has 1 aliphatic carbocycles. The van der Waals surface area contributed by atoms with E-state index < -0.39 is 30.1 Å². The summed E-state index contributed by atoms with van der Waals surface area (Å²) in [7, 11) is 0. The molecule has 1 saturated carbocycles. The van der Waals surface area contributed by atoms with E-state index in [1.807, 2.05) is 6.92 Å². The third-order valence-electron chi connectivity index (χ3n) is 5.74. The zero-order valence-electron chi connectivity index (χ0n) is 11.8. The van der Waals surface area contributed by atoms with Crippen molar-refractivity contribution in [1.82, 2.24) is 0 Å². The van der Waals surface area contributed by atoms with Crippen LogP contribution in [0, 0.1) is 17.8 Å². The van der Waals surface area contributed by atoms with Gasteiger partial charge in [-0.2, -0.15) is 0 Å². The third-order valence-corrected chi connectivity index (χ3v) is 5.74. The standard InChI is InChI=1S/C14H22O6/c1-7-3-4-9-10(15)11(16)17-12-14(9)8(7)5-6-13(2,18-12)19-20-14/h7-12,15-16H,3-6H2,1-2H3/t7-,8+,9+,10+,11-,12-,13-,14-/m1/s1. The Morgan fingerprint density at radius 2 is 1.85 bits per heavy atom. The Kier molecular flexibility index (Phi) is 2.79. The fourth-order valence-corrected chi connectivity index (χ4v) is 4.61. The number of hydrogen-bond donors (Lipinski definition) is 2. The molecule has 0 aromatic heterocycles. The summed E-state index contributed by atoms with van der Waals surface area (Å²) in [4.78, 5) is 11.4. The van der Waals surface area contributed by atoms with Crippen LogP contribution in [0.4, 0.5) is 0 Å². The number of fused-ring (bicyclic) bond motifs is 2. The largest absolute Gasteiger partial charge is 0.387 e. The predicted octanol–water partition coefficient (Wildman–Crippen LogP) is 0.911. The van der Waals surface area contributed by atoms with E-state index in [-0.39, 0.29) is 11.8 Å². The van der Waals surface area contributed by atoms with E-state index in [2.05, 4.69) is 6.92 Å². The topological polar surface area (TPSA) is 77.4 Å². The number of ether oxygens (including phenoxy) is 2. The molecule has 4 aliphatic heterocycles. The highest BCUT2D eigenvalue weighted by Crippen LogP contribution is 2.59. The molecule has 20 heavy (non-hydrogen) atoms. The van der Waals surface area contributed by atoms with Crippen molar-refractivity contribution in [1.29, 1.82) is 0 Å². The first-order chi connectivity index (χ1) is 9.46. The fraction of sp³-hybridized carbons (Fsp3) is 1.00. The van der Waals surface area contributed by atoms with Gasteiger partial charge in [0.05, 0.1) is 0 Å². The summed E-state index contributed by atoms with van der Waals surface area (Å²) in [6.45, 7) is 4.03. The van der Waals surface area contributed by atoms with Crippen molar-refractivity contribution >= 4 is 0 Å². The molecule has 0 amide bonds. The smallest absolute Gasteiger partial charge is 0.201 e. The Morgan fingerprint density at radius 1 is 1.05 bits per heavy atom. The Balaban J connectivity index is 1.82. The van der Waals surface area contributed by atoms with Crippen LogP contribution in [0.15, 0.2) is 0 Å². The highest BCUT2D eigenvalue weighted by atomic mass is 17.3. The first-order valence-electron chi connectivity index (χ1n) is 7.52. The molecule has 2 N–H and O–H groups in total. The first kappa shape index (κ1) is 13.4. The van der Waals surface area contributed by atoms with E-state index in [0.717, 1.165) is 25.7 Å². The lowest BCUT2D eigenvalue weighted by molar-refractivity contribution is -0.577. The third kappa shape index (κ3) is 1.55. The SMILES string of the molecule is C[C@@H]1CC[C@H]2[C@H](O)[C@H](O)O[C@@H]3O[C@@]4(C)CC[C@@H]1[C@]32OO4. The van der Waals surface area contributed by atoms with Gasteiger partial charge in [-0.3, -0.25) is 0 Å². The van der Waals surface area contributed by atoms with Crippen molar-refractivity contribution in [2.75, 3.05) is 0 Å². The first-order valence-corrected chi connectivity index (χ1v) is 7.52. The monoisotopic (exact) mass is 286 g/mol. The van der Waals surface area contributed by atoms with Gasteiger partial charge in [0.2, 0.25) is 5.79 Å². The van der Waals surface area contributed by atoms with Crippen LogP contribution in [-0.4, -0.2) is 40.3 Å². The van der Waals surface area contributed by atoms with Crippen LogP contribution in [0.2, 0.25) is 0 Å². The molecule has 6 nitrogen and oxygen atoms in total. The van der Waals surface area contributed by atoms with Gasteiger partial charge in [-0.25, -0.2) is 9.78 Å². The predicted molar refractivity (Wildman–Crippen MR) is 65.9 cm³/mol. The molecule has 4 heterocycles. The van der Waals surface area contributed by atoms with Gasteiger partial charge >= 0.3 is 0 Å². The molecule has 5 aliphatic rings. The Labute approximate surface area is 117 Å². The normalized spacial score (nSPS) is 61.8. The van der Waals surface area contributed by atoms with Gasteiger partial charge in [0, 0.05) is 12.3 Å². The van der Waals surface area contributed by atoms with Gasteiger partial charge in [-0.1, -0.05) is 6.92 Å². The van der Waals surface area contributed by atoms with E-state index >= 15 is 0 Å². The van der Waals surface area contributed by atoms with E-state index in [1.165, 1.54) is 0 Å². The van der Waals surface area contributed by atoms with Crippen LogP contribution >= 0.6 is 0 Å². The Morgan fingerprint density at radius 3 is 2.65 bits per heavy atom. The maximum atomic E-state index is 10.3. The van der Waals surface area contributed by atoms with Gasteiger partial charge in [0.25, 0.3) is 0 Å². The molecule has 4 saturated heterocycles. The molecule has 5 fully saturated rings. The van der Waals surface area contributed by atoms with Gasteiger partial charge < -0.3 is 19.7 Å². The maximum absolute atomic E-state index is 10.3. The highest BCUT2D eigenvalue weighted by molar-refractivity contribution is 5.09. The average Bonchev–Trinajstić information content (AvgIpc) is 2.63. The summed E-state index contributed by atoms with van der Waals surface area (Å²) in [5.74, 6) is -0.398. The Bertz CT molecular complexity index is 412. The molecule has 0 aromatic rings. The minimum atomic E-state index is -1.23. The minimum Gasteiger partial charge on any atom is -0.387 e. The van der Waals surface area contributed by atoms with Crippen molar-refractivity contribution in [3.8, 4) is 0 Å². The Hall–Kier alpha value is -0.240. The molecule has 0 unspecified atom stereocenters. The molecular weight excluding hydrogens is 264 g/mol. The molecule has 114 valence electrons.